The average molecular weight is 451 g/mol. The van der Waals surface area contributed by atoms with E-state index in [1.54, 1.807) is 31.4 Å². The van der Waals surface area contributed by atoms with Gasteiger partial charge in [-0.2, -0.15) is 4.99 Å². The Hall–Kier alpha value is -2.03. The number of amidine groups is 1. The van der Waals surface area contributed by atoms with Gasteiger partial charge in [-0.3, -0.25) is 4.79 Å². The van der Waals surface area contributed by atoms with Gasteiger partial charge in [0.1, 0.15) is 5.75 Å². The molecule has 0 aliphatic carbocycles. The molecule has 2 aliphatic rings. The van der Waals surface area contributed by atoms with Crippen LogP contribution >= 0.6 is 23.4 Å². The molecule has 2 unspecified atom stereocenters. The molecule has 29 heavy (non-hydrogen) atoms. The van der Waals surface area contributed by atoms with Crippen LogP contribution in [-0.2, 0) is 21.1 Å². The molecule has 2 aromatic carbocycles. The van der Waals surface area contributed by atoms with E-state index in [1.165, 1.54) is 11.8 Å². The predicted molar refractivity (Wildman–Crippen MR) is 117 cm³/mol. The highest BCUT2D eigenvalue weighted by atomic mass is 35.5. The summed E-state index contributed by atoms with van der Waals surface area (Å²) in [6.07, 6.45) is 0.0805. The van der Waals surface area contributed by atoms with Crippen molar-refractivity contribution >= 4 is 50.0 Å². The van der Waals surface area contributed by atoms with Crippen molar-refractivity contribution in [3.63, 3.8) is 0 Å². The first-order chi connectivity index (χ1) is 13.9. The third-order valence-electron chi connectivity index (χ3n) is 4.93. The number of anilines is 1. The molecule has 4 rings (SSSR count). The molecule has 2 fully saturated rings. The number of hydrogen-bond donors (Lipinski definition) is 0. The molecular weight excluding hydrogens is 432 g/mol. The van der Waals surface area contributed by atoms with Crippen LogP contribution in [0.15, 0.2) is 53.5 Å². The van der Waals surface area contributed by atoms with Crippen molar-refractivity contribution < 1.29 is 17.9 Å². The molecule has 152 valence electrons. The molecule has 2 heterocycles. The van der Waals surface area contributed by atoms with Crippen LogP contribution in [0.2, 0.25) is 5.02 Å². The van der Waals surface area contributed by atoms with Crippen molar-refractivity contribution in [2.45, 2.75) is 17.7 Å². The zero-order valence-corrected chi connectivity index (χ0v) is 18.0. The van der Waals surface area contributed by atoms with Crippen LogP contribution in [0.5, 0.6) is 5.75 Å². The number of amides is 1. The number of hydrogen-bond acceptors (Lipinski definition) is 5. The van der Waals surface area contributed by atoms with Gasteiger partial charge < -0.3 is 9.64 Å². The van der Waals surface area contributed by atoms with Crippen molar-refractivity contribution in [2.24, 2.45) is 4.99 Å². The Morgan fingerprint density at radius 1 is 1.21 bits per heavy atom. The van der Waals surface area contributed by atoms with Gasteiger partial charge in [0.15, 0.2) is 15.0 Å². The molecule has 2 aliphatic heterocycles. The Morgan fingerprint density at radius 3 is 2.69 bits per heavy atom. The summed E-state index contributed by atoms with van der Waals surface area (Å²) in [6, 6.07) is 14.2. The monoisotopic (exact) mass is 450 g/mol. The molecule has 0 aromatic heterocycles. The number of benzene rings is 2. The molecule has 0 bridgehead atoms. The SMILES string of the molecule is COc1ccccc1N1C(=NC(=O)Cc2ccccc2Cl)SC2CS(=O)(=O)CC21. The number of carbonyl (C=O) groups is 1. The van der Waals surface area contributed by atoms with E-state index in [0.29, 0.717) is 27.2 Å². The number of ether oxygens (including phenoxy) is 1. The third-order valence-corrected chi connectivity index (χ3v) is 8.51. The fourth-order valence-corrected chi connectivity index (χ4v) is 7.75. The van der Waals surface area contributed by atoms with Gasteiger partial charge >= 0.3 is 0 Å². The van der Waals surface area contributed by atoms with Crippen molar-refractivity contribution in [3.8, 4) is 5.75 Å². The molecule has 2 saturated heterocycles. The second kappa shape index (κ2) is 8.01. The number of thioether (sulfide) groups is 1. The molecule has 1 amide bonds. The van der Waals surface area contributed by atoms with Gasteiger partial charge in [-0.1, -0.05) is 53.7 Å². The largest absolute Gasteiger partial charge is 0.495 e. The van der Waals surface area contributed by atoms with Crippen LogP contribution in [-0.4, -0.2) is 49.4 Å². The van der Waals surface area contributed by atoms with Gasteiger partial charge in [-0.05, 0) is 23.8 Å². The first-order valence-corrected chi connectivity index (χ1v) is 12.1. The fourth-order valence-electron chi connectivity index (χ4n) is 3.63. The predicted octanol–water partition coefficient (Wildman–Crippen LogP) is 3.19. The van der Waals surface area contributed by atoms with Gasteiger partial charge in [0.05, 0.1) is 36.8 Å². The summed E-state index contributed by atoms with van der Waals surface area (Å²) in [5, 5.41) is 0.845. The number of carbonyl (C=O) groups excluding carboxylic acids is 1. The second-order valence-electron chi connectivity index (χ2n) is 6.90. The summed E-state index contributed by atoms with van der Waals surface area (Å²) in [4.78, 5) is 18.8. The summed E-state index contributed by atoms with van der Waals surface area (Å²) >= 11 is 7.50. The molecule has 0 saturated carbocycles. The molecule has 0 spiro atoms. The van der Waals surface area contributed by atoms with Crippen molar-refractivity contribution in [3.05, 3.63) is 59.1 Å². The van der Waals surface area contributed by atoms with Gasteiger partial charge in [0, 0.05) is 10.3 Å². The fraction of sp³-hybridized carbons (Fsp3) is 0.300. The highest BCUT2D eigenvalue weighted by Crippen LogP contribution is 2.43. The lowest BCUT2D eigenvalue weighted by Crippen LogP contribution is -2.38. The second-order valence-corrected chi connectivity index (χ2v) is 10.7. The lowest BCUT2D eigenvalue weighted by molar-refractivity contribution is -0.117. The Labute approximate surface area is 178 Å². The number of methoxy groups -OCH3 is 1. The van der Waals surface area contributed by atoms with E-state index in [0.717, 1.165) is 0 Å². The van der Waals surface area contributed by atoms with Gasteiger partial charge in [0.25, 0.3) is 5.91 Å². The molecule has 6 nitrogen and oxygen atoms in total. The van der Waals surface area contributed by atoms with Gasteiger partial charge in [-0.25, -0.2) is 8.42 Å². The van der Waals surface area contributed by atoms with Crippen LogP contribution in [0.4, 0.5) is 5.69 Å². The number of nitrogens with zero attached hydrogens (tertiary/aromatic N) is 2. The van der Waals surface area contributed by atoms with E-state index < -0.39 is 9.84 Å². The van der Waals surface area contributed by atoms with Crippen LogP contribution in [0.3, 0.4) is 0 Å². The zero-order valence-electron chi connectivity index (χ0n) is 15.6. The average Bonchev–Trinajstić information content (AvgIpc) is 3.14. The Balaban J connectivity index is 1.69. The molecule has 0 radical (unpaired) electrons. The summed E-state index contributed by atoms with van der Waals surface area (Å²) in [6.45, 7) is 0. The number of rotatable bonds is 4. The number of sulfone groups is 1. The first kappa shape index (κ1) is 20.3. The van der Waals surface area contributed by atoms with Crippen LogP contribution in [0.25, 0.3) is 0 Å². The maximum Gasteiger partial charge on any atom is 0.252 e. The first-order valence-electron chi connectivity index (χ1n) is 9.02. The zero-order chi connectivity index (χ0) is 20.6. The minimum atomic E-state index is -3.13. The minimum Gasteiger partial charge on any atom is -0.495 e. The maximum absolute atomic E-state index is 12.7. The van der Waals surface area contributed by atoms with Crippen LogP contribution < -0.4 is 9.64 Å². The molecular formula is C20H19ClN2O4S2. The Kier molecular flexibility index (Phi) is 5.59. The van der Waals surface area contributed by atoms with Gasteiger partial charge in [-0.15, -0.1) is 0 Å². The van der Waals surface area contributed by atoms with Crippen molar-refractivity contribution in [1.29, 1.82) is 0 Å². The van der Waals surface area contributed by atoms with Crippen LogP contribution in [0, 0.1) is 0 Å². The summed E-state index contributed by atoms with van der Waals surface area (Å²) in [5.41, 5.74) is 1.41. The highest BCUT2D eigenvalue weighted by molar-refractivity contribution is 8.16. The Bertz CT molecular complexity index is 1090. The van der Waals surface area contributed by atoms with Crippen molar-refractivity contribution in [1.82, 2.24) is 0 Å². The normalized spacial score (nSPS) is 23.9. The summed E-state index contributed by atoms with van der Waals surface area (Å²) < 4.78 is 29.8. The minimum absolute atomic E-state index is 0.0282. The van der Waals surface area contributed by atoms with Crippen molar-refractivity contribution in [2.75, 3.05) is 23.5 Å². The number of para-hydroxylation sites is 2. The van der Waals surface area contributed by atoms with E-state index >= 15 is 0 Å². The lowest BCUT2D eigenvalue weighted by Gasteiger charge is -2.26. The number of fused-ring (bicyclic) bond motifs is 1. The molecule has 0 N–H and O–H groups in total. The van der Waals surface area contributed by atoms with E-state index in [1.807, 2.05) is 29.2 Å². The smallest absolute Gasteiger partial charge is 0.252 e. The lowest BCUT2D eigenvalue weighted by atomic mass is 10.1. The number of aliphatic imine (C=N–C) groups is 1. The van der Waals surface area contributed by atoms with E-state index in [4.69, 9.17) is 16.3 Å². The quantitative estimate of drug-likeness (QED) is 0.712. The van der Waals surface area contributed by atoms with E-state index in [9.17, 15) is 13.2 Å². The van der Waals surface area contributed by atoms with Gasteiger partial charge in [0.2, 0.25) is 0 Å². The van der Waals surface area contributed by atoms with Crippen LogP contribution in [0.1, 0.15) is 5.56 Å². The van der Waals surface area contributed by atoms with E-state index in [2.05, 4.69) is 4.99 Å². The topological polar surface area (TPSA) is 76.0 Å². The highest BCUT2D eigenvalue weighted by Gasteiger charge is 2.50. The summed E-state index contributed by atoms with van der Waals surface area (Å²) in [7, 11) is -1.57. The molecule has 9 heteroatoms. The number of halogens is 1. The van der Waals surface area contributed by atoms with E-state index in [-0.39, 0.29) is 35.1 Å². The third kappa shape index (κ3) is 4.15. The standard InChI is InChI=1S/C20H19ClN2O4S2/c1-27-17-9-5-4-8-15(17)23-16-11-29(25,26)12-18(16)28-20(23)22-19(24)10-13-6-2-3-7-14(13)21/h2-9,16,18H,10-12H2,1H3. The molecule has 2 atom stereocenters. The maximum atomic E-state index is 12.7. The Morgan fingerprint density at radius 2 is 1.93 bits per heavy atom. The summed E-state index contributed by atoms with van der Waals surface area (Å²) in [5.74, 6) is 0.374. The molecule has 2 aromatic rings.